The Hall–Kier alpha value is -4.25. The maximum Gasteiger partial charge on any atom is 0.264 e. The number of sulfonamides is 1. The summed E-state index contributed by atoms with van der Waals surface area (Å²) in [6.07, 6.45) is 0.176. The molecule has 0 saturated heterocycles. The SMILES string of the molecule is CNC(=O)[C@@H](Cc1ccccc1)N(Cc1ccc(Cl)c(Cl)c1)C(=O)CN(c1ccc(OC)c(OC)c1)S(=O)(=O)c1ccccc1. The minimum absolute atomic E-state index is 0.0178. The Morgan fingerprint density at radius 3 is 2.04 bits per heavy atom. The number of likely N-dealkylation sites (N-methyl/N-ethyl adjacent to an activating group) is 1. The average Bonchev–Trinajstić information content (AvgIpc) is 3.06. The summed E-state index contributed by atoms with van der Waals surface area (Å²) in [7, 11) is 0.106. The van der Waals surface area contributed by atoms with Crippen LogP contribution in [0, 0.1) is 0 Å². The number of hydrogen-bond donors (Lipinski definition) is 1. The molecule has 0 heterocycles. The third-order valence-corrected chi connectivity index (χ3v) is 9.65. The fourth-order valence-corrected chi connectivity index (χ4v) is 6.53. The van der Waals surface area contributed by atoms with Crippen molar-refractivity contribution in [3.8, 4) is 11.5 Å². The van der Waals surface area contributed by atoms with Crippen molar-refractivity contribution >= 4 is 50.7 Å². The molecule has 4 rings (SSSR count). The van der Waals surface area contributed by atoms with E-state index in [1.165, 1.54) is 50.4 Å². The fourth-order valence-electron chi connectivity index (χ4n) is 4.78. The topological polar surface area (TPSA) is 105 Å². The molecule has 4 aromatic rings. The maximum absolute atomic E-state index is 14.4. The molecule has 0 unspecified atom stereocenters. The molecule has 0 aliphatic rings. The summed E-state index contributed by atoms with van der Waals surface area (Å²) in [6, 6.07) is 25.5. The molecule has 12 heteroatoms. The number of nitrogens with one attached hydrogen (secondary N) is 1. The summed E-state index contributed by atoms with van der Waals surface area (Å²) in [5, 5.41) is 3.26. The summed E-state index contributed by atoms with van der Waals surface area (Å²) in [5.41, 5.74) is 1.58. The van der Waals surface area contributed by atoms with Gasteiger partial charge in [0.05, 0.1) is 34.8 Å². The zero-order chi connectivity index (χ0) is 32.6. The number of amides is 2. The average molecular weight is 671 g/mol. The van der Waals surface area contributed by atoms with Crippen molar-refractivity contribution in [2.45, 2.75) is 23.9 Å². The Kier molecular flexibility index (Phi) is 11.3. The first-order valence-corrected chi connectivity index (χ1v) is 16.1. The molecule has 45 heavy (non-hydrogen) atoms. The first-order chi connectivity index (χ1) is 21.6. The van der Waals surface area contributed by atoms with Crippen LogP contribution in [-0.4, -0.2) is 59.0 Å². The van der Waals surface area contributed by atoms with Gasteiger partial charge in [0, 0.05) is 26.1 Å². The van der Waals surface area contributed by atoms with Crippen LogP contribution in [0.25, 0.3) is 0 Å². The second kappa shape index (κ2) is 15.2. The van der Waals surface area contributed by atoms with Crippen molar-refractivity contribution in [3.63, 3.8) is 0 Å². The van der Waals surface area contributed by atoms with Gasteiger partial charge in [-0.25, -0.2) is 8.42 Å². The molecule has 2 amide bonds. The van der Waals surface area contributed by atoms with E-state index in [1.54, 1.807) is 42.5 Å². The number of ether oxygens (including phenoxy) is 2. The Bertz CT molecular complexity index is 1740. The number of hydrogen-bond acceptors (Lipinski definition) is 6. The number of anilines is 1. The number of halogens is 2. The van der Waals surface area contributed by atoms with Crippen molar-refractivity contribution in [2.24, 2.45) is 0 Å². The van der Waals surface area contributed by atoms with Crippen LogP contribution >= 0.6 is 23.2 Å². The number of carbonyl (C=O) groups excluding carboxylic acids is 2. The number of methoxy groups -OCH3 is 2. The molecule has 4 aromatic carbocycles. The Balaban J connectivity index is 1.83. The maximum atomic E-state index is 14.4. The summed E-state index contributed by atoms with van der Waals surface area (Å²) in [4.78, 5) is 29.1. The van der Waals surface area contributed by atoms with Crippen LogP contribution in [0.15, 0.2) is 102 Å². The lowest BCUT2D eigenvalue weighted by atomic mass is 10.0. The third kappa shape index (κ3) is 8.08. The zero-order valence-electron chi connectivity index (χ0n) is 24.9. The first kappa shape index (κ1) is 33.6. The molecule has 0 bridgehead atoms. The lowest BCUT2D eigenvalue weighted by Crippen LogP contribution is -2.53. The number of nitrogens with zero attached hydrogens (tertiary/aromatic N) is 2. The highest BCUT2D eigenvalue weighted by Gasteiger charge is 2.34. The van der Waals surface area contributed by atoms with Crippen LogP contribution in [0.1, 0.15) is 11.1 Å². The van der Waals surface area contributed by atoms with Gasteiger partial charge < -0.3 is 19.7 Å². The van der Waals surface area contributed by atoms with Gasteiger partial charge in [-0.2, -0.15) is 0 Å². The van der Waals surface area contributed by atoms with Gasteiger partial charge in [-0.1, -0.05) is 77.8 Å². The van der Waals surface area contributed by atoms with E-state index in [2.05, 4.69) is 5.32 Å². The van der Waals surface area contributed by atoms with Gasteiger partial charge in [0.25, 0.3) is 10.0 Å². The van der Waals surface area contributed by atoms with Crippen LogP contribution < -0.4 is 19.1 Å². The van der Waals surface area contributed by atoms with E-state index >= 15 is 0 Å². The van der Waals surface area contributed by atoms with Gasteiger partial charge in [0.2, 0.25) is 11.8 Å². The van der Waals surface area contributed by atoms with E-state index in [1.807, 2.05) is 30.3 Å². The van der Waals surface area contributed by atoms with Crippen molar-refractivity contribution in [3.05, 3.63) is 118 Å². The summed E-state index contributed by atoms with van der Waals surface area (Å²) >= 11 is 12.4. The van der Waals surface area contributed by atoms with Gasteiger partial charge in [-0.05, 0) is 47.5 Å². The van der Waals surface area contributed by atoms with Crippen LogP contribution in [0.3, 0.4) is 0 Å². The molecule has 1 N–H and O–H groups in total. The lowest BCUT2D eigenvalue weighted by Gasteiger charge is -2.33. The monoisotopic (exact) mass is 669 g/mol. The smallest absolute Gasteiger partial charge is 0.264 e. The van der Waals surface area contributed by atoms with E-state index in [-0.39, 0.29) is 34.3 Å². The number of benzene rings is 4. The fraction of sp³-hybridized carbons (Fsp3) is 0.212. The summed E-state index contributed by atoms with van der Waals surface area (Å²) < 4.78 is 40.0. The van der Waals surface area contributed by atoms with Crippen LogP contribution in [0.2, 0.25) is 10.0 Å². The van der Waals surface area contributed by atoms with Crippen molar-refractivity contribution in [2.75, 3.05) is 32.1 Å². The second-order valence-electron chi connectivity index (χ2n) is 9.95. The van der Waals surface area contributed by atoms with Gasteiger partial charge in [0.15, 0.2) is 11.5 Å². The highest BCUT2D eigenvalue weighted by molar-refractivity contribution is 7.92. The molecule has 0 fully saturated rings. The molecule has 9 nitrogen and oxygen atoms in total. The zero-order valence-corrected chi connectivity index (χ0v) is 27.3. The minimum atomic E-state index is -4.27. The molecule has 1 atom stereocenters. The van der Waals surface area contributed by atoms with Crippen LogP contribution in [0.4, 0.5) is 5.69 Å². The molecular weight excluding hydrogens is 637 g/mol. The van der Waals surface area contributed by atoms with Crippen molar-refractivity contribution in [1.82, 2.24) is 10.2 Å². The van der Waals surface area contributed by atoms with Crippen LogP contribution in [0.5, 0.6) is 11.5 Å². The van der Waals surface area contributed by atoms with Crippen LogP contribution in [-0.2, 0) is 32.6 Å². The van der Waals surface area contributed by atoms with E-state index in [0.717, 1.165) is 9.87 Å². The number of carbonyl (C=O) groups is 2. The molecular formula is C33H33Cl2N3O6S. The molecule has 0 spiro atoms. The van der Waals surface area contributed by atoms with Crippen molar-refractivity contribution in [1.29, 1.82) is 0 Å². The predicted octanol–water partition coefficient (Wildman–Crippen LogP) is 5.59. The molecule has 236 valence electrons. The predicted molar refractivity (Wildman–Crippen MR) is 176 cm³/mol. The molecule has 0 aliphatic carbocycles. The number of rotatable bonds is 13. The highest BCUT2D eigenvalue weighted by atomic mass is 35.5. The van der Waals surface area contributed by atoms with Gasteiger partial charge in [-0.15, -0.1) is 0 Å². The van der Waals surface area contributed by atoms with Gasteiger partial charge in [-0.3, -0.25) is 13.9 Å². The quantitative estimate of drug-likeness (QED) is 0.199. The van der Waals surface area contributed by atoms with E-state index in [0.29, 0.717) is 16.3 Å². The molecule has 0 aliphatic heterocycles. The Morgan fingerprint density at radius 2 is 1.44 bits per heavy atom. The second-order valence-corrected chi connectivity index (χ2v) is 12.6. The molecule has 0 saturated carbocycles. The summed E-state index contributed by atoms with van der Waals surface area (Å²) in [5.74, 6) is -0.389. The third-order valence-electron chi connectivity index (χ3n) is 7.12. The summed E-state index contributed by atoms with van der Waals surface area (Å²) in [6.45, 7) is -0.678. The van der Waals surface area contributed by atoms with E-state index in [4.69, 9.17) is 32.7 Å². The van der Waals surface area contributed by atoms with Crippen molar-refractivity contribution < 1.29 is 27.5 Å². The minimum Gasteiger partial charge on any atom is -0.493 e. The highest BCUT2D eigenvalue weighted by Crippen LogP contribution is 2.34. The normalized spacial score (nSPS) is 11.8. The molecule has 0 radical (unpaired) electrons. The van der Waals surface area contributed by atoms with E-state index < -0.39 is 34.4 Å². The lowest BCUT2D eigenvalue weighted by molar-refractivity contribution is -0.139. The standard InChI is InChI=1S/C33H33Cl2N3O6S/c1-36-33(40)29(19-23-10-6-4-7-11-23)37(21-24-14-16-27(34)28(35)18-24)32(39)22-38(45(41,42)26-12-8-5-9-13-26)25-15-17-30(43-2)31(20-25)44-3/h4-18,20,29H,19,21-22H2,1-3H3,(H,36,40)/t29-/m1/s1. The van der Waals surface area contributed by atoms with Gasteiger partial charge in [0.1, 0.15) is 12.6 Å². The first-order valence-electron chi connectivity index (χ1n) is 13.9. The molecule has 0 aromatic heterocycles. The Morgan fingerprint density at radius 1 is 0.800 bits per heavy atom. The van der Waals surface area contributed by atoms with E-state index in [9.17, 15) is 18.0 Å². The largest absolute Gasteiger partial charge is 0.493 e. The Labute approximate surface area is 273 Å². The van der Waals surface area contributed by atoms with Gasteiger partial charge >= 0.3 is 0 Å².